The van der Waals surface area contributed by atoms with Gasteiger partial charge in [-0.25, -0.2) is 8.78 Å². The molecule has 0 saturated carbocycles. The number of hydrogen-bond acceptors (Lipinski definition) is 2. The van der Waals surface area contributed by atoms with Crippen LogP contribution in [0.15, 0.2) is 11.1 Å². The van der Waals surface area contributed by atoms with E-state index >= 15 is 0 Å². The Labute approximate surface area is 77.6 Å². The molecule has 1 heterocycles. The molecule has 0 amide bonds. The highest BCUT2D eigenvalue weighted by Crippen LogP contribution is 2.10. The van der Waals surface area contributed by atoms with Gasteiger partial charge < -0.3 is 5.32 Å². The summed E-state index contributed by atoms with van der Waals surface area (Å²) in [5.41, 5.74) is 2.59. The molecular weight excluding hydrogens is 174 g/mol. The van der Waals surface area contributed by atoms with Crippen LogP contribution in [0.25, 0.3) is 0 Å². The van der Waals surface area contributed by atoms with Crippen molar-refractivity contribution in [2.75, 3.05) is 33.2 Å². The van der Waals surface area contributed by atoms with E-state index in [0.29, 0.717) is 6.54 Å². The van der Waals surface area contributed by atoms with Crippen molar-refractivity contribution in [2.45, 2.75) is 13.3 Å². The second kappa shape index (κ2) is 4.67. The van der Waals surface area contributed by atoms with Crippen molar-refractivity contribution in [1.29, 1.82) is 0 Å². The number of rotatable bonds is 4. The standard InChI is InChI=1S/C9H16F2N2/c1-7(8-3-12-4-8)5-13(2)6-9(10)11/h9,12H,3-6H2,1-2H3. The minimum absolute atomic E-state index is 0.141. The molecule has 13 heavy (non-hydrogen) atoms. The van der Waals surface area contributed by atoms with Gasteiger partial charge in [-0.05, 0) is 19.5 Å². The van der Waals surface area contributed by atoms with Gasteiger partial charge in [-0.1, -0.05) is 5.57 Å². The summed E-state index contributed by atoms with van der Waals surface area (Å²) in [4.78, 5) is 1.66. The van der Waals surface area contributed by atoms with Crippen LogP contribution in [0.1, 0.15) is 6.92 Å². The maximum atomic E-state index is 12.0. The summed E-state index contributed by atoms with van der Waals surface area (Å²) in [6.07, 6.45) is -2.23. The van der Waals surface area contributed by atoms with Gasteiger partial charge in [0.05, 0.1) is 6.54 Å². The molecule has 0 aliphatic carbocycles. The number of halogens is 2. The van der Waals surface area contributed by atoms with Gasteiger partial charge in [0.15, 0.2) is 0 Å². The predicted octanol–water partition coefficient (Wildman–Crippen LogP) is 1.10. The average Bonchev–Trinajstić information content (AvgIpc) is 1.78. The molecule has 0 spiro atoms. The second-order valence-corrected chi connectivity index (χ2v) is 3.58. The monoisotopic (exact) mass is 190 g/mol. The van der Waals surface area contributed by atoms with Crippen molar-refractivity contribution in [2.24, 2.45) is 0 Å². The number of nitrogens with one attached hydrogen (secondary N) is 1. The summed E-state index contributed by atoms with van der Waals surface area (Å²) in [7, 11) is 1.72. The highest BCUT2D eigenvalue weighted by atomic mass is 19.3. The van der Waals surface area contributed by atoms with Crippen molar-refractivity contribution in [3.63, 3.8) is 0 Å². The molecule has 1 saturated heterocycles. The summed E-state index contributed by atoms with van der Waals surface area (Å²) in [5, 5.41) is 3.13. The Morgan fingerprint density at radius 3 is 2.54 bits per heavy atom. The number of alkyl halides is 2. The van der Waals surface area contributed by atoms with Gasteiger partial charge in [0.25, 0.3) is 6.43 Å². The average molecular weight is 190 g/mol. The first-order valence-corrected chi connectivity index (χ1v) is 4.44. The summed E-state index contributed by atoms with van der Waals surface area (Å²) in [6, 6.07) is 0. The fraction of sp³-hybridized carbons (Fsp3) is 0.778. The van der Waals surface area contributed by atoms with Crippen molar-refractivity contribution in [3.05, 3.63) is 11.1 Å². The van der Waals surface area contributed by atoms with Gasteiger partial charge in [-0.15, -0.1) is 0 Å². The largest absolute Gasteiger partial charge is 0.309 e. The summed E-state index contributed by atoms with van der Waals surface area (Å²) < 4.78 is 23.9. The minimum Gasteiger partial charge on any atom is -0.309 e. The molecule has 0 radical (unpaired) electrons. The molecule has 1 N–H and O–H groups in total. The van der Waals surface area contributed by atoms with Crippen molar-refractivity contribution in [3.8, 4) is 0 Å². The minimum atomic E-state index is -2.23. The first kappa shape index (κ1) is 10.6. The SMILES string of the molecule is CC(CN(C)CC(F)F)=C1CNC1. The summed E-state index contributed by atoms with van der Waals surface area (Å²) >= 11 is 0. The van der Waals surface area contributed by atoms with Crippen LogP contribution in [-0.2, 0) is 0 Å². The zero-order valence-corrected chi connectivity index (χ0v) is 8.11. The second-order valence-electron chi connectivity index (χ2n) is 3.58. The van der Waals surface area contributed by atoms with E-state index in [0.717, 1.165) is 13.1 Å². The maximum Gasteiger partial charge on any atom is 0.251 e. The van der Waals surface area contributed by atoms with E-state index in [1.165, 1.54) is 11.1 Å². The molecule has 0 bridgehead atoms. The predicted molar refractivity (Wildman–Crippen MR) is 49.1 cm³/mol. The smallest absolute Gasteiger partial charge is 0.251 e. The molecule has 0 aromatic rings. The first-order chi connectivity index (χ1) is 6.09. The molecule has 2 nitrogen and oxygen atoms in total. The Hall–Kier alpha value is -0.480. The lowest BCUT2D eigenvalue weighted by atomic mass is 10.0. The Balaban J connectivity index is 2.30. The van der Waals surface area contributed by atoms with E-state index in [4.69, 9.17) is 0 Å². The number of hydrogen-bond donors (Lipinski definition) is 1. The molecule has 1 aliphatic rings. The Morgan fingerprint density at radius 2 is 2.15 bits per heavy atom. The van der Waals surface area contributed by atoms with Gasteiger partial charge >= 0.3 is 0 Å². The fourth-order valence-electron chi connectivity index (χ4n) is 1.37. The number of nitrogens with zero attached hydrogens (tertiary/aromatic N) is 1. The Bertz CT molecular complexity index is 196. The van der Waals surface area contributed by atoms with Crippen LogP contribution in [0.5, 0.6) is 0 Å². The van der Waals surface area contributed by atoms with Crippen LogP contribution in [-0.4, -0.2) is 44.6 Å². The van der Waals surface area contributed by atoms with E-state index in [1.807, 2.05) is 6.92 Å². The van der Waals surface area contributed by atoms with E-state index in [1.54, 1.807) is 11.9 Å². The summed E-state index contributed by atoms with van der Waals surface area (Å²) in [6.45, 7) is 4.38. The quantitative estimate of drug-likeness (QED) is 0.668. The van der Waals surface area contributed by atoms with E-state index in [9.17, 15) is 8.78 Å². The molecular formula is C9H16F2N2. The zero-order chi connectivity index (χ0) is 9.84. The molecule has 1 rings (SSSR count). The van der Waals surface area contributed by atoms with Crippen LogP contribution < -0.4 is 5.32 Å². The molecule has 76 valence electrons. The van der Waals surface area contributed by atoms with Gasteiger partial charge in [0.2, 0.25) is 0 Å². The highest BCUT2D eigenvalue weighted by molar-refractivity contribution is 5.22. The lowest BCUT2D eigenvalue weighted by molar-refractivity contribution is 0.104. The summed E-state index contributed by atoms with van der Waals surface area (Å²) in [5.74, 6) is 0. The lowest BCUT2D eigenvalue weighted by Crippen LogP contribution is -2.36. The molecule has 0 aromatic carbocycles. The molecule has 0 aromatic heterocycles. The van der Waals surface area contributed by atoms with Gasteiger partial charge in [0.1, 0.15) is 0 Å². The molecule has 0 atom stereocenters. The van der Waals surface area contributed by atoms with Gasteiger partial charge in [-0.3, -0.25) is 4.90 Å². The third-order valence-corrected chi connectivity index (χ3v) is 2.24. The maximum absolute atomic E-state index is 12.0. The highest BCUT2D eigenvalue weighted by Gasteiger charge is 2.13. The van der Waals surface area contributed by atoms with Crippen LogP contribution in [0.2, 0.25) is 0 Å². The third-order valence-electron chi connectivity index (χ3n) is 2.24. The number of likely N-dealkylation sites (N-methyl/N-ethyl adjacent to an activating group) is 1. The van der Waals surface area contributed by atoms with E-state index < -0.39 is 6.43 Å². The van der Waals surface area contributed by atoms with Crippen molar-refractivity contribution >= 4 is 0 Å². The third kappa shape index (κ3) is 3.40. The molecule has 0 unspecified atom stereocenters. The molecule has 1 fully saturated rings. The van der Waals surface area contributed by atoms with Gasteiger partial charge in [-0.2, -0.15) is 0 Å². The van der Waals surface area contributed by atoms with Crippen LogP contribution >= 0.6 is 0 Å². The Morgan fingerprint density at radius 1 is 1.54 bits per heavy atom. The van der Waals surface area contributed by atoms with Crippen molar-refractivity contribution in [1.82, 2.24) is 10.2 Å². The van der Waals surface area contributed by atoms with Crippen molar-refractivity contribution < 1.29 is 8.78 Å². The molecule has 1 aliphatic heterocycles. The van der Waals surface area contributed by atoms with Crippen LogP contribution in [0.4, 0.5) is 8.78 Å². The van der Waals surface area contributed by atoms with Gasteiger partial charge in [0, 0.05) is 19.6 Å². The lowest BCUT2D eigenvalue weighted by Gasteiger charge is -2.24. The molecule has 4 heteroatoms. The topological polar surface area (TPSA) is 15.3 Å². The van der Waals surface area contributed by atoms with E-state index in [2.05, 4.69) is 5.32 Å². The normalized spacial score (nSPS) is 16.6. The first-order valence-electron chi connectivity index (χ1n) is 4.44. The fourth-order valence-corrected chi connectivity index (χ4v) is 1.37. The van der Waals surface area contributed by atoms with Crippen LogP contribution in [0.3, 0.4) is 0 Å². The van der Waals surface area contributed by atoms with Crippen LogP contribution in [0, 0.1) is 0 Å². The zero-order valence-electron chi connectivity index (χ0n) is 8.11. The Kier molecular flexibility index (Phi) is 3.81. The van der Waals surface area contributed by atoms with E-state index in [-0.39, 0.29) is 6.54 Å².